The molecule has 0 amide bonds. The summed E-state index contributed by atoms with van der Waals surface area (Å²) < 4.78 is 0. The first-order valence-corrected chi connectivity index (χ1v) is 10.2. The van der Waals surface area contributed by atoms with Crippen molar-refractivity contribution in [2.75, 3.05) is 5.32 Å². The first-order valence-electron chi connectivity index (χ1n) is 10.2. The summed E-state index contributed by atoms with van der Waals surface area (Å²) in [5, 5.41) is 2.93. The Balaban J connectivity index is 1.49. The highest BCUT2D eigenvalue weighted by Gasteiger charge is 2.35. The number of aromatic amines is 1. The van der Waals surface area contributed by atoms with Gasteiger partial charge in [0.1, 0.15) is 5.69 Å². The third-order valence-electron chi connectivity index (χ3n) is 4.99. The van der Waals surface area contributed by atoms with E-state index in [9.17, 15) is 4.79 Å². The zero-order chi connectivity index (χ0) is 18.8. The summed E-state index contributed by atoms with van der Waals surface area (Å²) in [6.45, 7) is 4.59. The molecule has 6 heteroatoms. The molecule has 0 spiro atoms. The molecule has 0 saturated carbocycles. The van der Waals surface area contributed by atoms with Gasteiger partial charge in [0.25, 0.3) is 0 Å². The van der Waals surface area contributed by atoms with Crippen molar-refractivity contribution in [3.63, 3.8) is 0 Å². The Morgan fingerprint density at radius 3 is 2.35 bits per heavy atom. The van der Waals surface area contributed by atoms with Crippen LogP contribution < -0.4 is 11.1 Å². The highest BCUT2D eigenvalue weighted by atomic mass is 16.1. The number of carbonyl (C=O) groups is 1. The van der Waals surface area contributed by atoms with Crippen molar-refractivity contribution < 1.29 is 4.79 Å². The molecule has 2 heterocycles. The second-order valence-corrected chi connectivity index (χ2v) is 7.85. The van der Waals surface area contributed by atoms with Crippen molar-refractivity contribution in [1.29, 1.82) is 0 Å². The molecule has 4 N–H and O–H groups in total. The highest BCUT2D eigenvalue weighted by molar-refractivity contribution is 5.97. The van der Waals surface area contributed by atoms with E-state index in [0.717, 1.165) is 24.5 Å². The van der Waals surface area contributed by atoms with Gasteiger partial charge in [0.2, 0.25) is 5.79 Å². The number of hydrogen-bond acceptors (Lipinski definition) is 5. The number of aromatic nitrogens is 2. The average Bonchev–Trinajstić information content (AvgIpc) is 3.06. The lowest BCUT2D eigenvalue weighted by Crippen LogP contribution is -2.54. The van der Waals surface area contributed by atoms with Crippen LogP contribution in [-0.4, -0.2) is 27.8 Å². The van der Waals surface area contributed by atoms with Gasteiger partial charge in [-0.05, 0) is 12.3 Å². The van der Waals surface area contributed by atoms with Gasteiger partial charge in [-0.2, -0.15) is 0 Å². The Morgan fingerprint density at radius 2 is 1.69 bits per heavy atom. The monoisotopic (exact) mass is 361 g/mol. The fourth-order valence-electron chi connectivity index (χ4n) is 3.29. The van der Waals surface area contributed by atoms with Crippen molar-refractivity contribution in [3.8, 4) is 0 Å². The van der Waals surface area contributed by atoms with Gasteiger partial charge in [0.15, 0.2) is 11.6 Å². The van der Waals surface area contributed by atoms with Crippen molar-refractivity contribution in [2.24, 2.45) is 16.6 Å². The molecular formula is C20H35N5O. The molecule has 0 aromatic carbocycles. The number of H-pyrrole nitrogens is 1. The number of nitrogens with two attached hydrogens (primary N) is 1. The van der Waals surface area contributed by atoms with E-state index in [4.69, 9.17) is 5.73 Å². The Hall–Kier alpha value is -1.69. The lowest BCUT2D eigenvalue weighted by atomic mass is 10.0. The molecule has 26 heavy (non-hydrogen) atoms. The van der Waals surface area contributed by atoms with Crippen molar-refractivity contribution in [1.82, 2.24) is 9.97 Å². The molecule has 1 aromatic heterocycles. The normalized spacial score (nSPS) is 18.8. The molecule has 2 rings (SSSR count). The summed E-state index contributed by atoms with van der Waals surface area (Å²) in [6.07, 6.45) is 16.1. The fraction of sp³-hybridized carbons (Fsp3) is 0.750. The molecule has 146 valence electrons. The quantitative estimate of drug-likeness (QED) is 0.454. The number of nitrogens with one attached hydrogen (secondary N) is 2. The number of anilines is 1. The van der Waals surface area contributed by atoms with E-state index in [2.05, 4.69) is 34.1 Å². The largest absolute Gasteiger partial charge is 0.342 e. The third-order valence-corrected chi connectivity index (χ3v) is 4.99. The second kappa shape index (κ2) is 10.5. The maximum absolute atomic E-state index is 12.4. The summed E-state index contributed by atoms with van der Waals surface area (Å²) in [5.41, 5.74) is 6.86. The molecular weight excluding hydrogens is 326 g/mol. The summed E-state index contributed by atoms with van der Waals surface area (Å²) in [4.78, 5) is 23.6. The van der Waals surface area contributed by atoms with Crippen LogP contribution in [0.3, 0.4) is 0 Å². The lowest BCUT2D eigenvalue weighted by Gasteiger charge is -2.27. The molecule has 1 unspecified atom stereocenters. The Labute approximate surface area is 157 Å². The van der Waals surface area contributed by atoms with Crippen LogP contribution in [0.4, 0.5) is 5.82 Å². The van der Waals surface area contributed by atoms with Gasteiger partial charge in [-0.25, -0.2) is 9.98 Å². The number of fused-ring (bicyclic) bond motifs is 1. The summed E-state index contributed by atoms with van der Waals surface area (Å²) >= 11 is 0. The first-order chi connectivity index (χ1) is 12.5. The predicted molar refractivity (Wildman–Crippen MR) is 107 cm³/mol. The molecule has 6 nitrogen and oxygen atoms in total. The molecule has 1 aliphatic rings. The number of ketones is 1. The molecule has 0 fully saturated rings. The van der Waals surface area contributed by atoms with Gasteiger partial charge in [-0.1, -0.05) is 71.6 Å². The van der Waals surface area contributed by atoms with E-state index in [-0.39, 0.29) is 5.78 Å². The van der Waals surface area contributed by atoms with Crippen molar-refractivity contribution in [3.05, 3.63) is 12.0 Å². The molecule has 1 aliphatic heterocycles. The number of hydrogen-bond donors (Lipinski definition) is 3. The van der Waals surface area contributed by atoms with Crippen molar-refractivity contribution in [2.45, 2.75) is 90.3 Å². The van der Waals surface area contributed by atoms with Gasteiger partial charge in [-0.15, -0.1) is 0 Å². The SMILES string of the molecule is CC(C)CCCCCCCCCCCC(=O)C1(N)N=Cc2[nH]cnc2N1. The highest BCUT2D eigenvalue weighted by Crippen LogP contribution is 2.21. The van der Waals surface area contributed by atoms with Gasteiger partial charge >= 0.3 is 0 Å². The Morgan fingerprint density at radius 1 is 1.08 bits per heavy atom. The zero-order valence-electron chi connectivity index (χ0n) is 16.4. The average molecular weight is 362 g/mol. The first kappa shape index (κ1) is 20.6. The Bertz CT molecular complexity index is 581. The number of carbonyl (C=O) groups excluding carboxylic acids is 1. The molecule has 0 saturated heterocycles. The molecule has 1 aromatic rings. The van der Waals surface area contributed by atoms with Gasteiger partial charge in [0.05, 0.1) is 12.5 Å². The van der Waals surface area contributed by atoms with Gasteiger partial charge < -0.3 is 10.3 Å². The number of imidazole rings is 1. The molecule has 1 atom stereocenters. The molecule has 0 aliphatic carbocycles. The lowest BCUT2D eigenvalue weighted by molar-refractivity contribution is -0.123. The van der Waals surface area contributed by atoms with Crippen LogP contribution in [0.25, 0.3) is 0 Å². The van der Waals surface area contributed by atoms with Gasteiger partial charge in [0, 0.05) is 6.42 Å². The summed E-state index contributed by atoms with van der Waals surface area (Å²) in [6, 6.07) is 0. The number of unbranched alkanes of at least 4 members (excludes halogenated alkanes) is 8. The van der Waals surface area contributed by atoms with Crippen LogP contribution in [0.1, 0.15) is 90.2 Å². The van der Waals surface area contributed by atoms with E-state index in [0.29, 0.717) is 12.2 Å². The minimum atomic E-state index is -1.36. The van der Waals surface area contributed by atoms with Gasteiger partial charge in [-0.3, -0.25) is 10.5 Å². The second-order valence-electron chi connectivity index (χ2n) is 7.85. The van der Waals surface area contributed by atoms with Crippen LogP contribution in [0.5, 0.6) is 0 Å². The molecule has 0 bridgehead atoms. The minimum absolute atomic E-state index is 0.0763. The van der Waals surface area contributed by atoms with Crippen LogP contribution in [0.15, 0.2) is 11.3 Å². The van der Waals surface area contributed by atoms with E-state index >= 15 is 0 Å². The predicted octanol–water partition coefficient (Wildman–Crippen LogP) is 4.38. The number of aliphatic imine (C=N–C) groups is 1. The maximum Gasteiger partial charge on any atom is 0.244 e. The number of Topliss-reactive ketones (excluding diaryl/α,β-unsaturated/α-hetero) is 1. The van der Waals surface area contributed by atoms with Crippen LogP contribution in [0, 0.1) is 5.92 Å². The van der Waals surface area contributed by atoms with E-state index in [1.54, 1.807) is 12.5 Å². The standard InChI is InChI=1S/C20H35N5O/c1-16(2)12-10-8-6-4-3-5-7-9-11-13-18(26)20(21)24-14-17-19(25-20)23-15-22-17/h14-16,25H,3-13,21H2,1-2H3,(H,22,23). The van der Waals surface area contributed by atoms with Crippen LogP contribution >= 0.6 is 0 Å². The Kier molecular flexibility index (Phi) is 8.29. The third kappa shape index (κ3) is 6.56. The zero-order valence-corrected chi connectivity index (χ0v) is 16.4. The maximum atomic E-state index is 12.4. The minimum Gasteiger partial charge on any atom is -0.342 e. The van der Waals surface area contributed by atoms with Crippen LogP contribution in [-0.2, 0) is 4.79 Å². The summed E-state index contributed by atoms with van der Waals surface area (Å²) in [7, 11) is 0. The van der Waals surface area contributed by atoms with E-state index < -0.39 is 5.79 Å². The topological polar surface area (TPSA) is 96.2 Å². The van der Waals surface area contributed by atoms with E-state index in [1.807, 2.05) is 0 Å². The molecule has 0 radical (unpaired) electrons. The van der Waals surface area contributed by atoms with Crippen molar-refractivity contribution >= 4 is 17.8 Å². The van der Waals surface area contributed by atoms with E-state index in [1.165, 1.54) is 51.4 Å². The fourth-order valence-corrected chi connectivity index (χ4v) is 3.29. The number of rotatable bonds is 13. The van der Waals surface area contributed by atoms with Crippen LogP contribution in [0.2, 0.25) is 0 Å². The summed E-state index contributed by atoms with van der Waals surface area (Å²) in [5.74, 6) is -0.0175. The smallest absolute Gasteiger partial charge is 0.244 e. The number of nitrogens with zero attached hydrogens (tertiary/aromatic N) is 2.